The highest BCUT2D eigenvalue weighted by Crippen LogP contribution is 2.38. The second kappa shape index (κ2) is 6.89. The van der Waals surface area contributed by atoms with Crippen molar-refractivity contribution in [1.82, 2.24) is 4.98 Å². The van der Waals surface area contributed by atoms with Crippen LogP contribution < -0.4 is 9.47 Å². The summed E-state index contributed by atoms with van der Waals surface area (Å²) in [7, 11) is 0. The van der Waals surface area contributed by atoms with Gasteiger partial charge in [0.2, 0.25) is 12.0 Å². The van der Waals surface area contributed by atoms with E-state index in [1.54, 1.807) is 12.1 Å². The molecule has 0 spiro atoms. The van der Waals surface area contributed by atoms with Crippen LogP contribution in [0.5, 0.6) is 17.4 Å². The Kier molecular flexibility index (Phi) is 4.21. The zero-order chi connectivity index (χ0) is 20.0. The summed E-state index contributed by atoms with van der Waals surface area (Å²) in [6, 6.07) is 17.0. The Labute approximate surface area is 173 Å². The number of hydrogen-bond acceptors (Lipinski definition) is 5. The molecule has 4 aromatic rings. The first-order valence-electron chi connectivity index (χ1n) is 8.86. The molecule has 1 amide bonds. The van der Waals surface area contributed by atoms with E-state index in [1.165, 1.54) is 0 Å². The van der Waals surface area contributed by atoms with Gasteiger partial charge in [-0.3, -0.25) is 4.79 Å². The molecule has 0 bridgehead atoms. The number of aromatic amines is 1. The van der Waals surface area contributed by atoms with Crippen LogP contribution in [0.4, 0.5) is 5.69 Å². The first-order valence-corrected chi connectivity index (χ1v) is 9.66. The SMILES string of the molecule is O=C(N=Nc1c(O)[nH]c2ccc(Br)cc12)C1COc2cc3ccccc3cc2O1. The number of amides is 1. The quantitative estimate of drug-likeness (QED) is 0.407. The summed E-state index contributed by atoms with van der Waals surface area (Å²) >= 11 is 3.38. The number of azo groups is 1. The van der Waals surface area contributed by atoms with Crippen LogP contribution in [0.15, 0.2) is 69.3 Å². The lowest BCUT2D eigenvalue weighted by Crippen LogP contribution is -2.35. The van der Waals surface area contributed by atoms with Crippen molar-refractivity contribution in [2.24, 2.45) is 10.2 Å². The number of aromatic nitrogens is 1. The Hall–Kier alpha value is -3.39. The van der Waals surface area contributed by atoms with Gasteiger partial charge in [0.25, 0.3) is 0 Å². The van der Waals surface area contributed by atoms with E-state index in [9.17, 15) is 9.90 Å². The fourth-order valence-corrected chi connectivity index (χ4v) is 3.64. The Balaban J connectivity index is 1.40. The molecule has 1 unspecified atom stereocenters. The second-order valence-corrected chi connectivity index (χ2v) is 7.53. The summed E-state index contributed by atoms with van der Waals surface area (Å²) in [4.78, 5) is 15.3. The summed E-state index contributed by atoms with van der Waals surface area (Å²) in [5, 5.41) is 20.5. The highest BCUT2D eigenvalue weighted by molar-refractivity contribution is 9.10. The number of ether oxygens (including phenoxy) is 2. The minimum absolute atomic E-state index is 0.0363. The maximum absolute atomic E-state index is 12.5. The number of nitrogens with one attached hydrogen (secondary N) is 1. The Morgan fingerprint density at radius 1 is 1.10 bits per heavy atom. The van der Waals surface area contributed by atoms with Gasteiger partial charge in [-0.25, -0.2) is 0 Å². The fraction of sp³-hybridized carbons (Fsp3) is 0.0952. The van der Waals surface area contributed by atoms with Crippen molar-refractivity contribution in [3.05, 3.63) is 59.1 Å². The molecule has 1 aromatic heterocycles. The number of hydrogen-bond donors (Lipinski definition) is 2. The minimum atomic E-state index is -0.911. The first kappa shape index (κ1) is 17.7. The molecule has 0 saturated carbocycles. The number of carbonyl (C=O) groups excluding carboxylic acids is 1. The highest BCUT2D eigenvalue weighted by atomic mass is 79.9. The summed E-state index contributed by atoms with van der Waals surface area (Å²) in [6.07, 6.45) is -0.911. The smallest absolute Gasteiger partial charge is 0.308 e. The molecule has 7 nitrogen and oxygen atoms in total. The van der Waals surface area contributed by atoms with Crippen LogP contribution in [0.1, 0.15) is 0 Å². The molecule has 8 heteroatoms. The van der Waals surface area contributed by atoms with Crippen molar-refractivity contribution in [1.29, 1.82) is 0 Å². The van der Waals surface area contributed by atoms with Gasteiger partial charge >= 0.3 is 5.91 Å². The third-order valence-electron chi connectivity index (χ3n) is 4.71. The summed E-state index contributed by atoms with van der Waals surface area (Å²) in [5.74, 6) is 0.325. The van der Waals surface area contributed by atoms with Crippen molar-refractivity contribution in [2.75, 3.05) is 6.61 Å². The summed E-state index contributed by atoms with van der Waals surface area (Å²) < 4.78 is 12.3. The fourth-order valence-electron chi connectivity index (χ4n) is 3.28. The topological polar surface area (TPSA) is 96.3 Å². The minimum Gasteiger partial charge on any atom is -0.493 e. The first-order chi connectivity index (χ1) is 14.1. The monoisotopic (exact) mass is 451 g/mol. The van der Waals surface area contributed by atoms with Gasteiger partial charge in [0, 0.05) is 9.86 Å². The van der Waals surface area contributed by atoms with Crippen LogP contribution in [0.3, 0.4) is 0 Å². The average Bonchev–Trinajstić information content (AvgIpc) is 3.04. The molecule has 1 aliphatic heterocycles. The molecule has 2 heterocycles. The molecule has 0 fully saturated rings. The number of nitrogens with zero attached hydrogens (tertiary/aromatic N) is 2. The molecule has 2 N–H and O–H groups in total. The van der Waals surface area contributed by atoms with E-state index in [0.717, 1.165) is 15.2 Å². The van der Waals surface area contributed by atoms with Crippen molar-refractivity contribution in [2.45, 2.75) is 6.10 Å². The van der Waals surface area contributed by atoms with Crippen LogP contribution in [-0.4, -0.2) is 28.7 Å². The molecule has 0 saturated heterocycles. The van der Waals surface area contributed by atoms with Crippen LogP contribution in [-0.2, 0) is 4.79 Å². The predicted octanol–water partition coefficient (Wildman–Crippen LogP) is 5.24. The third-order valence-corrected chi connectivity index (χ3v) is 5.20. The number of benzene rings is 3. The Bertz CT molecular complexity index is 1300. The lowest BCUT2D eigenvalue weighted by Gasteiger charge is -2.24. The lowest BCUT2D eigenvalue weighted by molar-refractivity contribution is -0.127. The molecular weight excluding hydrogens is 438 g/mol. The van der Waals surface area contributed by atoms with Crippen molar-refractivity contribution in [3.63, 3.8) is 0 Å². The van der Waals surface area contributed by atoms with E-state index < -0.39 is 12.0 Å². The van der Waals surface area contributed by atoms with Gasteiger partial charge in [-0.15, -0.1) is 10.2 Å². The van der Waals surface area contributed by atoms with E-state index in [1.807, 2.05) is 42.5 Å². The molecule has 144 valence electrons. The molecule has 29 heavy (non-hydrogen) atoms. The molecular formula is C21H14BrN3O4. The van der Waals surface area contributed by atoms with Gasteiger partial charge in [-0.1, -0.05) is 40.2 Å². The van der Waals surface area contributed by atoms with E-state index in [2.05, 4.69) is 31.1 Å². The molecule has 0 aliphatic carbocycles. The van der Waals surface area contributed by atoms with Gasteiger partial charge in [0.1, 0.15) is 6.61 Å². The normalized spacial score (nSPS) is 16.0. The van der Waals surface area contributed by atoms with Crippen molar-refractivity contribution < 1.29 is 19.4 Å². The zero-order valence-electron chi connectivity index (χ0n) is 14.9. The number of aromatic hydroxyl groups is 1. The van der Waals surface area contributed by atoms with Crippen molar-refractivity contribution >= 4 is 49.2 Å². The number of halogens is 1. The second-order valence-electron chi connectivity index (χ2n) is 6.61. The molecule has 3 aromatic carbocycles. The molecule has 0 radical (unpaired) electrons. The van der Waals surface area contributed by atoms with Gasteiger partial charge in [-0.05, 0) is 41.1 Å². The van der Waals surface area contributed by atoms with Gasteiger partial charge < -0.3 is 19.6 Å². The van der Waals surface area contributed by atoms with Crippen LogP contribution in [0, 0.1) is 0 Å². The molecule has 1 aliphatic rings. The van der Waals surface area contributed by atoms with Crippen LogP contribution in [0.2, 0.25) is 0 Å². The molecule has 5 rings (SSSR count). The third kappa shape index (κ3) is 3.21. The summed E-state index contributed by atoms with van der Waals surface area (Å²) in [5.41, 5.74) is 0.878. The van der Waals surface area contributed by atoms with Crippen LogP contribution in [0.25, 0.3) is 21.7 Å². The van der Waals surface area contributed by atoms with E-state index in [-0.39, 0.29) is 18.2 Å². The number of H-pyrrole nitrogens is 1. The largest absolute Gasteiger partial charge is 0.493 e. The Morgan fingerprint density at radius 2 is 1.86 bits per heavy atom. The number of fused-ring (bicyclic) bond motifs is 3. The Morgan fingerprint density at radius 3 is 2.66 bits per heavy atom. The molecule has 1 atom stereocenters. The lowest BCUT2D eigenvalue weighted by atomic mass is 10.1. The number of rotatable bonds is 2. The zero-order valence-corrected chi connectivity index (χ0v) is 16.5. The van der Waals surface area contributed by atoms with Gasteiger partial charge in [-0.2, -0.15) is 0 Å². The van der Waals surface area contributed by atoms with E-state index in [4.69, 9.17) is 9.47 Å². The average molecular weight is 452 g/mol. The predicted molar refractivity (Wildman–Crippen MR) is 111 cm³/mol. The van der Waals surface area contributed by atoms with Gasteiger partial charge in [0.15, 0.2) is 17.2 Å². The van der Waals surface area contributed by atoms with Crippen LogP contribution >= 0.6 is 15.9 Å². The van der Waals surface area contributed by atoms with E-state index >= 15 is 0 Å². The highest BCUT2D eigenvalue weighted by Gasteiger charge is 2.28. The maximum Gasteiger partial charge on any atom is 0.308 e. The van der Waals surface area contributed by atoms with E-state index in [0.29, 0.717) is 22.4 Å². The maximum atomic E-state index is 12.5. The number of carbonyl (C=O) groups is 1. The standard InChI is InChI=1S/C21H14BrN3O4/c22-13-5-6-15-14(9-13)19(21(27)23-15)24-25-20(26)18-10-28-16-7-11-3-1-2-4-12(11)8-17(16)29-18/h1-9,18,23,27H,10H2. The van der Waals surface area contributed by atoms with Crippen molar-refractivity contribution in [3.8, 4) is 17.4 Å². The van der Waals surface area contributed by atoms with Gasteiger partial charge in [0.05, 0.1) is 5.52 Å². The summed E-state index contributed by atoms with van der Waals surface area (Å²) in [6.45, 7) is 0.0363.